The molecule has 3 nitrogen and oxygen atoms in total. The highest BCUT2D eigenvalue weighted by atomic mass is 16.3. The molecule has 0 aromatic rings. The van der Waals surface area contributed by atoms with E-state index in [0.29, 0.717) is 0 Å². The second-order valence-corrected chi connectivity index (χ2v) is 3.22. The van der Waals surface area contributed by atoms with Gasteiger partial charge in [0, 0.05) is 13.1 Å². The van der Waals surface area contributed by atoms with Gasteiger partial charge in [-0.3, -0.25) is 4.79 Å². The predicted octanol–water partition coefficient (Wildman–Crippen LogP) is 0.237. The maximum atomic E-state index is 10.9. The Labute approximate surface area is 67.0 Å². The molecule has 1 rings (SSSR count). The van der Waals surface area contributed by atoms with Crippen molar-refractivity contribution in [1.29, 1.82) is 0 Å². The Morgan fingerprint density at radius 1 is 1.55 bits per heavy atom. The molecule has 1 heterocycles. The van der Waals surface area contributed by atoms with Crippen LogP contribution in [0.15, 0.2) is 0 Å². The van der Waals surface area contributed by atoms with Crippen molar-refractivity contribution >= 4 is 5.91 Å². The van der Waals surface area contributed by atoms with Crippen LogP contribution in [0.2, 0.25) is 0 Å². The van der Waals surface area contributed by atoms with Crippen LogP contribution < -0.4 is 0 Å². The molecule has 0 aliphatic carbocycles. The van der Waals surface area contributed by atoms with Gasteiger partial charge in [-0.15, -0.1) is 0 Å². The zero-order valence-corrected chi connectivity index (χ0v) is 6.92. The Morgan fingerprint density at radius 3 is 2.55 bits per heavy atom. The lowest BCUT2D eigenvalue weighted by Gasteiger charge is -2.29. The molecule has 1 aliphatic heterocycles. The first-order chi connectivity index (χ1) is 5.24. The summed E-state index contributed by atoms with van der Waals surface area (Å²) in [6.07, 6.45) is 2.15. The zero-order valence-electron chi connectivity index (χ0n) is 6.92. The van der Waals surface area contributed by atoms with Crippen LogP contribution in [0.5, 0.6) is 0 Å². The van der Waals surface area contributed by atoms with Gasteiger partial charge < -0.3 is 10.0 Å². The Morgan fingerprint density at radius 2 is 2.09 bits per heavy atom. The summed E-state index contributed by atoms with van der Waals surface area (Å²) in [4.78, 5) is 12.7. The van der Waals surface area contributed by atoms with Gasteiger partial charge >= 0.3 is 0 Å². The Bertz CT molecular complexity index is 139. The van der Waals surface area contributed by atoms with Crippen molar-refractivity contribution in [2.24, 2.45) is 5.92 Å². The first-order valence-electron chi connectivity index (χ1n) is 4.12. The number of hydrogen-bond donors (Lipinski definition) is 1. The van der Waals surface area contributed by atoms with Crippen molar-refractivity contribution in [2.45, 2.75) is 19.8 Å². The lowest BCUT2D eigenvalue weighted by Crippen LogP contribution is -2.39. The number of aliphatic hydroxyl groups is 1. The summed E-state index contributed by atoms with van der Waals surface area (Å²) >= 11 is 0. The lowest BCUT2D eigenvalue weighted by atomic mass is 9.99. The third-order valence-electron chi connectivity index (χ3n) is 2.27. The number of likely N-dealkylation sites (tertiary alicyclic amines) is 1. The normalized spacial score (nSPS) is 20.4. The summed E-state index contributed by atoms with van der Waals surface area (Å²) in [5.74, 6) is 0.606. The Hall–Kier alpha value is -0.570. The molecule has 0 saturated carbocycles. The minimum absolute atomic E-state index is 0.128. The number of aliphatic hydroxyl groups excluding tert-OH is 1. The minimum Gasteiger partial charge on any atom is -0.387 e. The fourth-order valence-corrected chi connectivity index (χ4v) is 1.36. The molecule has 0 unspecified atom stereocenters. The first kappa shape index (κ1) is 8.53. The molecule has 64 valence electrons. The van der Waals surface area contributed by atoms with Crippen molar-refractivity contribution in [1.82, 2.24) is 4.90 Å². The topological polar surface area (TPSA) is 40.5 Å². The molecule has 0 bridgehead atoms. The summed E-state index contributed by atoms with van der Waals surface area (Å²) in [5, 5.41) is 8.56. The van der Waals surface area contributed by atoms with E-state index in [1.165, 1.54) is 0 Å². The number of carbonyl (C=O) groups excluding carboxylic acids is 1. The number of hydrogen-bond acceptors (Lipinski definition) is 2. The number of rotatable bonds is 1. The van der Waals surface area contributed by atoms with E-state index in [0.717, 1.165) is 31.8 Å². The quantitative estimate of drug-likeness (QED) is 0.592. The first-order valence-corrected chi connectivity index (χ1v) is 4.12. The van der Waals surface area contributed by atoms with Gasteiger partial charge in [-0.1, -0.05) is 6.92 Å². The molecule has 0 spiro atoms. The molecular weight excluding hydrogens is 142 g/mol. The van der Waals surface area contributed by atoms with Crippen LogP contribution >= 0.6 is 0 Å². The van der Waals surface area contributed by atoms with E-state index < -0.39 is 0 Å². The molecule has 1 N–H and O–H groups in total. The van der Waals surface area contributed by atoms with Gasteiger partial charge in [0.1, 0.15) is 6.61 Å². The van der Waals surface area contributed by atoms with E-state index in [9.17, 15) is 4.79 Å². The van der Waals surface area contributed by atoms with Crippen molar-refractivity contribution in [3.8, 4) is 0 Å². The summed E-state index contributed by atoms with van der Waals surface area (Å²) < 4.78 is 0. The number of piperidine rings is 1. The van der Waals surface area contributed by atoms with Gasteiger partial charge in [0.25, 0.3) is 0 Å². The van der Waals surface area contributed by atoms with Gasteiger partial charge in [-0.25, -0.2) is 0 Å². The lowest BCUT2D eigenvalue weighted by molar-refractivity contribution is -0.135. The van der Waals surface area contributed by atoms with Gasteiger partial charge in [-0.05, 0) is 18.8 Å². The molecule has 1 aliphatic rings. The highest BCUT2D eigenvalue weighted by Gasteiger charge is 2.18. The number of amides is 1. The molecule has 1 amide bonds. The molecule has 1 fully saturated rings. The van der Waals surface area contributed by atoms with Crippen molar-refractivity contribution < 1.29 is 9.90 Å². The summed E-state index contributed by atoms with van der Waals surface area (Å²) in [6.45, 7) is 3.50. The molecule has 0 aromatic heterocycles. The molecular formula is C8H15NO2. The predicted molar refractivity (Wildman–Crippen MR) is 42.1 cm³/mol. The van der Waals surface area contributed by atoms with Crippen LogP contribution in [0, 0.1) is 5.92 Å². The van der Waals surface area contributed by atoms with Gasteiger partial charge in [-0.2, -0.15) is 0 Å². The molecule has 0 atom stereocenters. The van der Waals surface area contributed by atoms with Crippen LogP contribution in [-0.2, 0) is 4.79 Å². The SMILES string of the molecule is CC1CCN(C(=O)CO)CC1. The van der Waals surface area contributed by atoms with E-state index in [1.54, 1.807) is 4.90 Å². The smallest absolute Gasteiger partial charge is 0.248 e. The molecule has 0 aromatic carbocycles. The average molecular weight is 157 g/mol. The minimum atomic E-state index is -0.339. The molecule has 0 radical (unpaired) electrons. The second kappa shape index (κ2) is 3.72. The van der Waals surface area contributed by atoms with E-state index >= 15 is 0 Å². The highest BCUT2D eigenvalue weighted by molar-refractivity contribution is 5.77. The fourth-order valence-electron chi connectivity index (χ4n) is 1.36. The van der Waals surface area contributed by atoms with Gasteiger partial charge in [0.15, 0.2) is 0 Å². The fraction of sp³-hybridized carbons (Fsp3) is 0.875. The monoisotopic (exact) mass is 157 g/mol. The average Bonchev–Trinajstić information content (AvgIpc) is 2.05. The maximum Gasteiger partial charge on any atom is 0.248 e. The van der Waals surface area contributed by atoms with Crippen molar-refractivity contribution in [3.63, 3.8) is 0 Å². The van der Waals surface area contributed by atoms with E-state index in [4.69, 9.17) is 5.11 Å². The van der Waals surface area contributed by atoms with E-state index in [-0.39, 0.29) is 12.5 Å². The van der Waals surface area contributed by atoms with Crippen LogP contribution in [0.4, 0.5) is 0 Å². The standard InChI is InChI=1S/C8H15NO2/c1-7-2-4-9(5-3-7)8(11)6-10/h7,10H,2-6H2,1H3. The van der Waals surface area contributed by atoms with Crippen LogP contribution in [0.25, 0.3) is 0 Å². The zero-order chi connectivity index (χ0) is 8.27. The van der Waals surface area contributed by atoms with E-state index in [2.05, 4.69) is 6.92 Å². The van der Waals surface area contributed by atoms with Crippen LogP contribution in [0.1, 0.15) is 19.8 Å². The van der Waals surface area contributed by atoms with Crippen LogP contribution in [0.3, 0.4) is 0 Å². The molecule has 11 heavy (non-hydrogen) atoms. The third kappa shape index (κ3) is 2.19. The van der Waals surface area contributed by atoms with Gasteiger partial charge in [0.2, 0.25) is 5.91 Å². The van der Waals surface area contributed by atoms with Crippen molar-refractivity contribution in [2.75, 3.05) is 19.7 Å². The molecule has 1 saturated heterocycles. The van der Waals surface area contributed by atoms with E-state index in [1.807, 2.05) is 0 Å². The third-order valence-corrected chi connectivity index (χ3v) is 2.27. The number of carbonyl (C=O) groups is 1. The number of nitrogens with zero attached hydrogens (tertiary/aromatic N) is 1. The summed E-state index contributed by atoms with van der Waals surface area (Å²) in [6, 6.07) is 0. The molecule has 3 heteroatoms. The second-order valence-electron chi connectivity index (χ2n) is 3.22. The highest BCUT2D eigenvalue weighted by Crippen LogP contribution is 2.15. The Kier molecular flexibility index (Phi) is 2.88. The largest absolute Gasteiger partial charge is 0.387 e. The maximum absolute atomic E-state index is 10.9. The van der Waals surface area contributed by atoms with Gasteiger partial charge in [0.05, 0.1) is 0 Å². The van der Waals surface area contributed by atoms with Crippen molar-refractivity contribution in [3.05, 3.63) is 0 Å². The van der Waals surface area contributed by atoms with Crippen LogP contribution in [-0.4, -0.2) is 35.6 Å². The Balaban J connectivity index is 2.33. The summed E-state index contributed by atoms with van der Waals surface area (Å²) in [7, 11) is 0. The summed E-state index contributed by atoms with van der Waals surface area (Å²) in [5.41, 5.74) is 0.